The maximum Gasteiger partial charge on any atom is 0.326 e. The SMILES string of the molecule is O=c1[nH]c2cccc(Cl)c2n1CC1CCNCC1. The van der Waals surface area contributed by atoms with Gasteiger partial charge in [0.1, 0.15) is 0 Å². The van der Waals surface area contributed by atoms with E-state index in [-0.39, 0.29) is 5.69 Å². The quantitative estimate of drug-likeness (QED) is 0.872. The van der Waals surface area contributed by atoms with Crippen molar-refractivity contribution in [1.29, 1.82) is 0 Å². The van der Waals surface area contributed by atoms with Crippen molar-refractivity contribution in [3.63, 3.8) is 0 Å². The fourth-order valence-electron chi connectivity index (χ4n) is 2.67. The van der Waals surface area contributed by atoms with Crippen molar-refractivity contribution < 1.29 is 0 Å². The first-order valence-electron chi connectivity index (χ1n) is 6.33. The van der Waals surface area contributed by atoms with Gasteiger partial charge in [-0.25, -0.2) is 4.79 Å². The molecule has 1 aliphatic heterocycles. The van der Waals surface area contributed by atoms with E-state index in [0.29, 0.717) is 10.9 Å². The van der Waals surface area contributed by atoms with Crippen LogP contribution >= 0.6 is 11.6 Å². The molecule has 0 unspecified atom stereocenters. The van der Waals surface area contributed by atoms with Gasteiger partial charge in [-0.1, -0.05) is 17.7 Å². The van der Waals surface area contributed by atoms with Gasteiger partial charge in [0.2, 0.25) is 0 Å². The van der Waals surface area contributed by atoms with Gasteiger partial charge in [-0.2, -0.15) is 0 Å². The van der Waals surface area contributed by atoms with Crippen LogP contribution in [0.3, 0.4) is 0 Å². The summed E-state index contributed by atoms with van der Waals surface area (Å²) in [5.41, 5.74) is 1.60. The number of hydrogen-bond donors (Lipinski definition) is 2. The highest BCUT2D eigenvalue weighted by molar-refractivity contribution is 6.34. The molecule has 0 saturated carbocycles. The lowest BCUT2D eigenvalue weighted by Crippen LogP contribution is -2.32. The minimum absolute atomic E-state index is 0.0587. The van der Waals surface area contributed by atoms with Gasteiger partial charge >= 0.3 is 5.69 Å². The Kier molecular flexibility index (Phi) is 3.14. The van der Waals surface area contributed by atoms with Gasteiger partial charge in [0.25, 0.3) is 0 Å². The lowest BCUT2D eigenvalue weighted by atomic mass is 9.98. The third kappa shape index (κ3) is 2.06. The molecule has 1 fully saturated rings. The van der Waals surface area contributed by atoms with Gasteiger partial charge < -0.3 is 10.3 Å². The van der Waals surface area contributed by atoms with Crippen molar-refractivity contribution in [3.8, 4) is 0 Å². The molecule has 3 rings (SSSR count). The van der Waals surface area contributed by atoms with Crippen molar-refractivity contribution in [2.75, 3.05) is 13.1 Å². The summed E-state index contributed by atoms with van der Waals surface area (Å²) in [6, 6.07) is 5.58. The molecular weight excluding hydrogens is 250 g/mol. The fourth-order valence-corrected chi connectivity index (χ4v) is 2.95. The number of aromatic nitrogens is 2. The average Bonchev–Trinajstić information content (AvgIpc) is 2.69. The molecule has 1 saturated heterocycles. The molecule has 1 aliphatic rings. The number of para-hydroxylation sites is 1. The van der Waals surface area contributed by atoms with Crippen LogP contribution in [0.4, 0.5) is 0 Å². The molecule has 96 valence electrons. The van der Waals surface area contributed by atoms with Crippen molar-refractivity contribution in [2.45, 2.75) is 19.4 Å². The van der Waals surface area contributed by atoms with E-state index in [0.717, 1.165) is 43.5 Å². The second-order valence-electron chi connectivity index (χ2n) is 4.87. The van der Waals surface area contributed by atoms with E-state index in [9.17, 15) is 4.79 Å². The normalized spacial score (nSPS) is 17.4. The number of benzene rings is 1. The molecular formula is C13H16ClN3O. The number of piperidine rings is 1. The smallest absolute Gasteiger partial charge is 0.317 e. The predicted molar refractivity (Wildman–Crippen MR) is 73.2 cm³/mol. The number of H-pyrrole nitrogens is 1. The van der Waals surface area contributed by atoms with Crippen LogP contribution in [-0.2, 0) is 6.54 Å². The lowest BCUT2D eigenvalue weighted by molar-refractivity contribution is 0.333. The van der Waals surface area contributed by atoms with E-state index in [1.54, 1.807) is 4.57 Å². The Bertz CT molecular complexity index is 610. The van der Waals surface area contributed by atoms with Gasteiger partial charge in [-0.3, -0.25) is 4.57 Å². The van der Waals surface area contributed by atoms with Crippen LogP contribution in [0.2, 0.25) is 5.02 Å². The molecule has 1 aromatic heterocycles. The van der Waals surface area contributed by atoms with Gasteiger partial charge in [0, 0.05) is 6.54 Å². The predicted octanol–water partition coefficient (Wildman–Crippen LogP) is 1.98. The molecule has 1 aromatic carbocycles. The average molecular weight is 266 g/mol. The van der Waals surface area contributed by atoms with E-state index in [1.165, 1.54) is 0 Å². The number of aromatic amines is 1. The van der Waals surface area contributed by atoms with E-state index in [4.69, 9.17) is 11.6 Å². The van der Waals surface area contributed by atoms with Crippen molar-refractivity contribution >= 4 is 22.6 Å². The molecule has 2 heterocycles. The summed E-state index contributed by atoms with van der Waals surface area (Å²) in [5.74, 6) is 0.555. The third-order valence-corrected chi connectivity index (χ3v) is 3.95. The van der Waals surface area contributed by atoms with Gasteiger partial charge in [0.15, 0.2) is 0 Å². The Morgan fingerprint density at radius 1 is 1.33 bits per heavy atom. The van der Waals surface area contributed by atoms with Crippen LogP contribution in [-0.4, -0.2) is 22.6 Å². The van der Waals surface area contributed by atoms with Crippen LogP contribution < -0.4 is 11.0 Å². The Balaban J connectivity index is 2.00. The number of fused-ring (bicyclic) bond motifs is 1. The largest absolute Gasteiger partial charge is 0.326 e. The molecule has 4 nitrogen and oxygen atoms in total. The molecule has 18 heavy (non-hydrogen) atoms. The van der Waals surface area contributed by atoms with Crippen LogP contribution in [0.15, 0.2) is 23.0 Å². The highest BCUT2D eigenvalue weighted by Crippen LogP contribution is 2.23. The third-order valence-electron chi connectivity index (χ3n) is 3.64. The minimum atomic E-state index is -0.0587. The minimum Gasteiger partial charge on any atom is -0.317 e. The zero-order chi connectivity index (χ0) is 12.5. The first-order chi connectivity index (χ1) is 8.75. The summed E-state index contributed by atoms with van der Waals surface area (Å²) in [6.07, 6.45) is 2.23. The van der Waals surface area contributed by atoms with Crippen LogP contribution in [0.5, 0.6) is 0 Å². The molecule has 0 aliphatic carbocycles. The van der Waals surface area contributed by atoms with Crippen LogP contribution in [0, 0.1) is 5.92 Å². The highest BCUT2D eigenvalue weighted by Gasteiger charge is 2.17. The number of hydrogen-bond acceptors (Lipinski definition) is 2. The molecule has 2 N–H and O–H groups in total. The molecule has 2 aromatic rings. The van der Waals surface area contributed by atoms with Gasteiger partial charge in [0.05, 0.1) is 16.1 Å². The highest BCUT2D eigenvalue weighted by atomic mass is 35.5. The van der Waals surface area contributed by atoms with Crippen molar-refractivity contribution in [2.24, 2.45) is 5.92 Å². The summed E-state index contributed by atoms with van der Waals surface area (Å²) >= 11 is 6.20. The lowest BCUT2D eigenvalue weighted by Gasteiger charge is -2.22. The summed E-state index contributed by atoms with van der Waals surface area (Å²) in [6.45, 7) is 2.83. The molecule has 0 atom stereocenters. The second-order valence-corrected chi connectivity index (χ2v) is 5.28. The number of halogens is 1. The Labute approximate surface area is 110 Å². The fraction of sp³-hybridized carbons (Fsp3) is 0.462. The van der Waals surface area contributed by atoms with E-state index in [2.05, 4.69) is 10.3 Å². The first-order valence-corrected chi connectivity index (χ1v) is 6.71. The first kappa shape index (κ1) is 11.8. The second kappa shape index (κ2) is 4.78. The molecule has 0 radical (unpaired) electrons. The van der Waals surface area contributed by atoms with E-state index < -0.39 is 0 Å². The topological polar surface area (TPSA) is 49.8 Å². The summed E-state index contributed by atoms with van der Waals surface area (Å²) in [4.78, 5) is 14.9. The Hall–Kier alpha value is -1.26. The monoisotopic (exact) mass is 265 g/mol. The maximum atomic E-state index is 12.0. The van der Waals surface area contributed by atoms with Crippen molar-refractivity contribution in [1.82, 2.24) is 14.9 Å². The number of nitrogens with one attached hydrogen (secondary N) is 2. The van der Waals surface area contributed by atoms with Gasteiger partial charge in [-0.05, 0) is 44.0 Å². The maximum absolute atomic E-state index is 12.0. The zero-order valence-corrected chi connectivity index (χ0v) is 10.8. The van der Waals surface area contributed by atoms with Crippen LogP contribution in [0.25, 0.3) is 11.0 Å². The number of rotatable bonds is 2. The molecule has 5 heteroatoms. The summed E-state index contributed by atoms with van der Waals surface area (Å²) in [5, 5.41) is 3.97. The van der Waals surface area contributed by atoms with E-state index in [1.807, 2.05) is 18.2 Å². The molecule has 0 spiro atoms. The number of nitrogens with zero attached hydrogens (tertiary/aromatic N) is 1. The van der Waals surface area contributed by atoms with E-state index >= 15 is 0 Å². The Morgan fingerprint density at radius 2 is 2.11 bits per heavy atom. The molecule has 0 bridgehead atoms. The standard InChI is InChI=1S/C13H16ClN3O/c14-10-2-1-3-11-12(10)17(13(18)16-11)8-9-4-6-15-7-5-9/h1-3,9,15H,4-8H2,(H,16,18). The number of imidazole rings is 1. The Morgan fingerprint density at radius 3 is 2.89 bits per heavy atom. The van der Waals surface area contributed by atoms with Crippen LogP contribution in [0.1, 0.15) is 12.8 Å². The molecule has 0 amide bonds. The van der Waals surface area contributed by atoms with Crippen molar-refractivity contribution in [3.05, 3.63) is 33.7 Å². The zero-order valence-electron chi connectivity index (χ0n) is 10.1. The van der Waals surface area contributed by atoms with Gasteiger partial charge in [-0.15, -0.1) is 0 Å². The summed E-state index contributed by atoms with van der Waals surface area (Å²) in [7, 11) is 0. The summed E-state index contributed by atoms with van der Waals surface area (Å²) < 4.78 is 1.79.